The van der Waals surface area contributed by atoms with Crippen molar-refractivity contribution < 1.29 is 28.8 Å². The molecule has 6 heteroatoms. The lowest BCUT2D eigenvalue weighted by atomic mass is 9.80. The minimum absolute atomic E-state index is 0.0279. The molecule has 0 aliphatic carbocycles. The number of hydrogen-bond donors (Lipinski definition) is 1. The van der Waals surface area contributed by atoms with Crippen LogP contribution < -0.4 is 0 Å². The van der Waals surface area contributed by atoms with E-state index in [2.05, 4.69) is 69.2 Å². The minimum Gasteiger partial charge on any atom is -0.390 e. The van der Waals surface area contributed by atoms with Crippen LogP contribution in [0.5, 0.6) is 0 Å². The summed E-state index contributed by atoms with van der Waals surface area (Å²) in [5, 5.41) is 10.6. The van der Waals surface area contributed by atoms with Crippen molar-refractivity contribution in [1.29, 1.82) is 0 Å². The molecule has 3 saturated heterocycles. The first kappa shape index (κ1) is 28.3. The van der Waals surface area contributed by atoms with Crippen LogP contribution in [0.2, 0.25) is 0 Å². The van der Waals surface area contributed by atoms with Gasteiger partial charge in [-0.1, -0.05) is 62.3 Å². The molecule has 0 bridgehead atoms. The molecule has 0 aromatic rings. The van der Waals surface area contributed by atoms with E-state index in [0.29, 0.717) is 11.8 Å². The van der Waals surface area contributed by atoms with Crippen molar-refractivity contribution >= 4 is 0 Å². The molecule has 3 fully saturated rings. The SMILES string of the molecule is CCC1O[C@H](C)C(C)[C@@H](C)[C@@H]1O[C@@H]1O[C@@H](CC)[C@@H](O[C@H]2O[C@@H](CC)[C@@H](O)C(C)C2C)C(C)C1C. The van der Waals surface area contributed by atoms with Crippen LogP contribution in [0.1, 0.15) is 88.5 Å². The number of hydrogen-bond acceptors (Lipinski definition) is 6. The largest absolute Gasteiger partial charge is 0.390 e. The molecule has 0 saturated carbocycles. The molecule has 1 N–H and O–H groups in total. The first-order chi connectivity index (χ1) is 16.0. The minimum atomic E-state index is -0.449. The van der Waals surface area contributed by atoms with E-state index in [9.17, 15) is 5.11 Å². The summed E-state index contributed by atoms with van der Waals surface area (Å²) in [6, 6.07) is 0. The summed E-state index contributed by atoms with van der Waals surface area (Å²) < 4.78 is 32.6. The highest BCUT2D eigenvalue weighted by Crippen LogP contribution is 2.41. The standard InChI is InChI=1S/C28H52O6/c1-11-21-24(29)15(5)18(8)27(31-21)34-26-17(7)19(9)28(32-23(26)13-3)33-25-16(6)14(4)20(10)30-22(25)12-2/h14-29H,11-13H2,1-10H3/t14?,15?,16-,17?,18?,19?,20-,21+,22?,23+,24+,25+,26+,27-,28+/m1/s1. The highest BCUT2D eigenvalue weighted by atomic mass is 16.7. The van der Waals surface area contributed by atoms with E-state index in [1.807, 2.05) is 0 Å². The van der Waals surface area contributed by atoms with E-state index in [-0.39, 0.29) is 72.9 Å². The molecular formula is C28H52O6. The van der Waals surface area contributed by atoms with Crippen molar-refractivity contribution in [3.63, 3.8) is 0 Å². The topological polar surface area (TPSA) is 66.4 Å². The maximum absolute atomic E-state index is 10.6. The summed E-state index contributed by atoms with van der Waals surface area (Å²) in [4.78, 5) is 0. The lowest BCUT2D eigenvalue weighted by Gasteiger charge is -2.50. The molecule has 3 rings (SSSR count). The molecule has 200 valence electrons. The highest BCUT2D eigenvalue weighted by Gasteiger charge is 2.49. The van der Waals surface area contributed by atoms with Crippen molar-refractivity contribution in [3.8, 4) is 0 Å². The Labute approximate surface area is 208 Å². The summed E-state index contributed by atoms with van der Waals surface area (Å²) >= 11 is 0. The second-order valence-electron chi connectivity index (χ2n) is 11.5. The van der Waals surface area contributed by atoms with Crippen LogP contribution in [-0.2, 0) is 23.7 Å². The van der Waals surface area contributed by atoms with Gasteiger partial charge in [0.25, 0.3) is 0 Å². The summed E-state index contributed by atoms with van der Waals surface area (Å²) in [5.74, 6) is 1.51. The Morgan fingerprint density at radius 2 is 0.941 bits per heavy atom. The van der Waals surface area contributed by atoms with E-state index in [1.54, 1.807) is 0 Å². The molecule has 0 amide bonds. The van der Waals surface area contributed by atoms with Gasteiger partial charge in [-0.05, 0) is 49.9 Å². The fourth-order valence-electron chi connectivity index (χ4n) is 6.12. The first-order valence-corrected chi connectivity index (χ1v) is 14.0. The van der Waals surface area contributed by atoms with E-state index >= 15 is 0 Å². The Balaban J connectivity index is 1.72. The quantitative estimate of drug-likeness (QED) is 0.522. The lowest BCUT2D eigenvalue weighted by molar-refractivity contribution is -0.342. The summed E-state index contributed by atoms with van der Waals surface area (Å²) in [5.41, 5.74) is 0. The van der Waals surface area contributed by atoms with Gasteiger partial charge in [-0.15, -0.1) is 0 Å². The zero-order valence-electron chi connectivity index (χ0n) is 23.3. The van der Waals surface area contributed by atoms with Gasteiger partial charge in [0.05, 0.1) is 42.7 Å². The van der Waals surface area contributed by atoms with Crippen molar-refractivity contribution in [3.05, 3.63) is 0 Å². The Hall–Kier alpha value is -0.240. The number of aliphatic hydroxyl groups is 1. The Kier molecular flexibility index (Phi) is 9.89. The molecule has 3 heterocycles. The van der Waals surface area contributed by atoms with Gasteiger partial charge in [0.2, 0.25) is 0 Å². The van der Waals surface area contributed by atoms with Crippen LogP contribution in [0.3, 0.4) is 0 Å². The summed E-state index contributed by atoms with van der Waals surface area (Å²) in [7, 11) is 0. The first-order valence-electron chi connectivity index (χ1n) is 14.0. The zero-order valence-corrected chi connectivity index (χ0v) is 23.3. The molecule has 15 atom stereocenters. The third kappa shape index (κ3) is 5.52. The van der Waals surface area contributed by atoms with Gasteiger partial charge in [0.15, 0.2) is 12.6 Å². The van der Waals surface area contributed by atoms with Crippen LogP contribution in [-0.4, -0.2) is 60.4 Å². The van der Waals surface area contributed by atoms with Gasteiger partial charge in [0.1, 0.15) is 0 Å². The molecular weight excluding hydrogens is 432 g/mol. The Morgan fingerprint density at radius 1 is 0.529 bits per heavy atom. The fraction of sp³-hybridized carbons (Fsp3) is 1.00. The number of aliphatic hydroxyl groups excluding tert-OH is 1. The second kappa shape index (κ2) is 11.9. The van der Waals surface area contributed by atoms with Crippen molar-refractivity contribution in [1.82, 2.24) is 0 Å². The fourth-order valence-corrected chi connectivity index (χ4v) is 6.12. The van der Waals surface area contributed by atoms with E-state index < -0.39 is 6.10 Å². The highest BCUT2D eigenvalue weighted by molar-refractivity contribution is 4.92. The van der Waals surface area contributed by atoms with Gasteiger partial charge in [-0.2, -0.15) is 0 Å². The van der Waals surface area contributed by atoms with Gasteiger partial charge in [-0.3, -0.25) is 0 Å². The zero-order chi connectivity index (χ0) is 25.3. The monoisotopic (exact) mass is 484 g/mol. The van der Waals surface area contributed by atoms with Crippen LogP contribution in [0.4, 0.5) is 0 Å². The predicted molar refractivity (Wildman–Crippen MR) is 133 cm³/mol. The van der Waals surface area contributed by atoms with Crippen LogP contribution >= 0.6 is 0 Å². The average molecular weight is 485 g/mol. The molecule has 0 aromatic heterocycles. The second-order valence-corrected chi connectivity index (χ2v) is 11.5. The van der Waals surface area contributed by atoms with Crippen molar-refractivity contribution in [2.45, 2.75) is 144 Å². The smallest absolute Gasteiger partial charge is 0.161 e. The third-order valence-electron chi connectivity index (χ3n) is 9.57. The van der Waals surface area contributed by atoms with Crippen LogP contribution in [0, 0.1) is 35.5 Å². The maximum atomic E-state index is 10.6. The number of rotatable bonds is 7. The molecule has 6 unspecified atom stereocenters. The Bertz CT molecular complexity index is 624. The van der Waals surface area contributed by atoms with Crippen LogP contribution in [0.25, 0.3) is 0 Å². The Morgan fingerprint density at radius 3 is 1.44 bits per heavy atom. The molecule has 0 aromatic carbocycles. The lowest BCUT2D eigenvalue weighted by Crippen LogP contribution is -2.58. The maximum Gasteiger partial charge on any atom is 0.161 e. The van der Waals surface area contributed by atoms with Gasteiger partial charge in [0, 0.05) is 11.8 Å². The normalized spacial score (nSPS) is 52.5. The molecule has 0 spiro atoms. The molecule has 6 nitrogen and oxygen atoms in total. The number of ether oxygens (including phenoxy) is 5. The van der Waals surface area contributed by atoms with Gasteiger partial charge in [-0.25, -0.2) is 0 Å². The van der Waals surface area contributed by atoms with Gasteiger partial charge >= 0.3 is 0 Å². The summed E-state index contributed by atoms with van der Waals surface area (Å²) in [6.07, 6.45) is 1.53. The third-order valence-corrected chi connectivity index (χ3v) is 9.57. The summed E-state index contributed by atoms with van der Waals surface area (Å²) in [6.45, 7) is 21.8. The molecule has 0 radical (unpaired) electrons. The van der Waals surface area contributed by atoms with E-state index in [0.717, 1.165) is 19.3 Å². The average Bonchev–Trinajstić information content (AvgIpc) is 2.83. The van der Waals surface area contributed by atoms with E-state index in [4.69, 9.17) is 23.7 Å². The van der Waals surface area contributed by atoms with Crippen molar-refractivity contribution in [2.24, 2.45) is 35.5 Å². The van der Waals surface area contributed by atoms with Gasteiger partial charge < -0.3 is 28.8 Å². The van der Waals surface area contributed by atoms with Crippen LogP contribution in [0.15, 0.2) is 0 Å². The molecule has 3 aliphatic heterocycles. The predicted octanol–water partition coefficient (Wildman–Crippen LogP) is 5.40. The molecule has 3 aliphatic rings. The van der Waals surface area contributed by atoms with Crippen molar-refractivity contribution in [2.75, 3.05) is 0 Å². The van der Waals surface area contributed by atoms with E-state index in [1.165, 1.54) is 0 Å². The molecule has 34 heavy (non-hydrogen) atoms.